The molecule has 2 heterocycles. The Morgan fingerprint density at radius 2 is 2.06 bits per heavy atom. The average Bonchev–Trinajstić information content (AvgIpc) is 2.50. The lowest BCUT2D eigenvalue weighted by atomic mass is 10.2. The lowest BCUT2D eigenvalue weighted by molar-refractivity contribution is 0.601. The van der Waals surface area contributed by atoms with E-state index in [0.29, 0.717) is 0 Å². The minimum Gasteiger partial charge on any atom is -0.287 e. The zero-order valence-corrected chi connectivity index (χ0v) is 10.0. The first-order chi connectivity index (χ1) is 7.57. The summed E-state index contributed by atoms with van der Waals surface area (Å²) >= 11 is 5.92. The molecule has 1 aliphatic heterocycles. The van der Waals surface area contributed by atoms with Crippen LogP contribution in [0.3, 0.4) is 0 Å². The molecule has 1 fully saturated rings. The van der Waals surface area contributed by atoms with Crippen molar-refractivity contribution in [3.05, 3.63) is 30.1 Å². The molecule has 0 saturated carbocycles. The van der Waals surface area contributed by atoms with Gasteiger partial charge in [0, 0.05) is 18.6 Å². The van der Waals surface area contributed by atoms with Crippen molar-refractivity contribution in [3.63, 3.8) is 0 Å². The lowest BCUT2D eigenvalue weighted by Crippen LogP contribution is -2.16. The molecule has 0 radical (unpaired) electrons. The van der Waals surface area contributed by atoms with Gasteiger partial charge in [-0.2, -0.15) is 0 Å². The first kappa shape index (κ1) is 11.5. The van der Waals surface area contributed by atoms with Crippen LogP contribution in [0.5, 0.6) is 0 Å². The number of hydrogen-bond acceptors (Lipinski definition) is 4. The first-order valence-electron chi connectivity index (χ1n) is 4.84. The lowest BCUT2D eigenvalue weighted by Gasteiger charge is -2.04. The van der Waals surface area contributed by atoms with Crippen molar-refractivity contribution in [2.75, 3.05) is 11.5 Å². The smallest absolute Gasteiger partial charge is 0.153 e. The maximum Gasteiger partial charge on any atom is 0.153 e. The molecule has 0 spiro atoms. The Morgan fingerprint density at radius 3 is 2.62 bits per heavy atom. The number of hydrogen-bond donors (Lipinski definition) is 0. The van der Waals surface area contributed by atoms with E-state index >= 15 is 0 Å². The van der Waals surface area contributed by atoms with Gasteiger partial charge in [-0.15, -0.1) is 11.6 Å². The van der Waals surface area contributed by atoms with Crippen LogP contribution in [0.2, 0.25) is 0 Å². The van der Waals surface area contributed by atoms with Crippen LogP contribution in [0, 0.1) is 0 Å². The molecule has 16 heavy (non-hydrogen) atoms. The highest BCUT2D eigenvalue weighted by Gasteiger charge is 2.35. The molecule has 0 amide bonds. The summed E-state index contributed by atoms with van der Waals surface area (Å²) in [5.41, 5.74) is 0.892. The van der Waals surface area contributed by atoms with Crippen molar-refractivity contribution in [2.24, 2.45) is 4.99 Å². The molecule has 1 saturated heterocycles. The molecule has 1 aromatic rings. The van der Waals surface area contributed by atoms with E-state index in [1.807, 2.05) is 0 Å². The molecule has 0 aliphatic carbocycles. The Kier molecular flexibility index (Phi) is 3.25. The fourth-order valence-corrected chi connectivity index (χ4v) is 4.07. The average molecular weight is 259 g/mol. The Balaban J connectivity index is 2.09. The number of aromatic nitrogens is 1. The highest BCUT2D eigenvalue weighted by atomic mass is 35.5. The Morgan fingerprint density at radius 1 is 1.38 bits per heavy atom. The molecule has 2 rings (SSSR count). The van der Waals surface area contributed by atoms with Crippen LogP contribution in [0.1, 0.15) is 5.56 Å². The summed E-state index contributed by atoms with van der Waals surface area (Å²) in [6.45, 7) is 0. The molecule has 4 nitrogen and oxygen atoms in total. The molecule has 1 aromatic heterocycles. The maximum absolute atomic E-state index is 11.3. The summed E-state index contributed by atoms with van der Waals surface area (Å²) < 4.78 is 22.6. The number of nitrogens with zero attached hydrogens (tertiary/aromatic N) is 2. The second kappa shape index (κ2) is 4.51. The number of halogens is 1. The van der Waals surface area contributed by atoms with Gasteiger partial charge in [0.25, 0.3) is 0 Å². The predicted molar refractivity (Wildman–Crippen MR) is 63.9 cm³/mol. The van der Waals surface area contributed by atoms with E-state index in [9.17, 15) is 8.42 Å². The Hall–Kier alpha value is -0.940. The van der Waals surface area contributed by atoms with Gasteiger partial charge in [0.05, 0.1) is 22.9 Å². The number of sulfone groups is 1. The van der Waals surface area contributed by atoms with Gasteiger partial charge in [0.2, 0.25) is 0 Å². The molecular weight excluding hydrogens is 248 g/mol. The summed E-state index contributed by atoms with van der Waals surface area (Å²) in [4.78, 5) is 8.09. The Bertz CT molecular complexity index is 487. The standard InChI is InChI=1S/C10H11ClN2O2S/c11-9-6-16(14,15)7-10(9)13-5-8-1-3-12-4-2-8/h1-5,9-10H,6-7H2/t9-,10+/m1/s1. The number of rotatable bonds is 2. The van der Waals surface area contributed by atoms with Crippen molar-refractivity contribution in [1.82, 2.24) is 4.98 Å². The maximum atomic E-state index is 11.3. The van der Waals surface area contributed by atoms with Crippen molar-refractivity contribution in [3.8, 4) is 0 Å². The van der Waals surface area contributed by atoms with Gasteiger partial charge < -0.3 is 0 Å². The van der Waals surface area contributed by atoms with E-state index in [0.717, 1.165) is 5.56 Å². The van der Waals surface area contributed by atoms with E-state index < -0.39 is 15.2 Å². The first-order valence-corrected chi connectivity index (χ1v) is 7.10. The van der Waals surface area contributed by atoms with Crippen LogP contribution in [0.25, 0.3) is 0 Å². The van der Waals surface area contributed by atoms with Crippen molar-refractivity contribution < 1.29 is 8.42 Å². The minimum absolute atomic E-state index is 0.0207. The van der Waals surface area contributed by atoms with Crippen LogP contribution < -0.4 is 0 Å². The summed E-state index contributed by atoms with van der Waals surface area (Å²) in [6.07, 6.45) is 4.96. The molecule has 2 atom stereocenters. The fourth-order valence-electron chi connectivity index (χ4n) is 1.55. The molecule has 0 aromatic carbocycles. The van der Waals surface area contributed by atoms with E-state index in [1.54, 1.807) is 30.7 Å². The molecule has 0 unspecified atom stereocenters. The van der Waals surface area contributed by atoms with Crippen LogP contribution >= 0.6 is 11.6 Å². The minimum atomic E-state index is -3.01. The van der Waals surface area contributed by atoms with Gasteiger partial charge in [0.1, 0.15) is 0 Å². The third-order valence-corrected chi connectivity index (χ3v) is 4.72. The van der Waals surface area contributed by atoms with Gasteiger partial charge in [-0.1, -0.05) is 0 Å². The third kappa shape index (κ3) is 2.80. The molecule has 1 aliphatic rings. The van der Waals surface area contributed by atoms with Crippen molar-refractivity contribution in [1.29, 1.82) is 0 Å². The normalized spacial score (nSPS) is 28.6. The molecule has 6 heteroatoms. The Labute approximate surface area is 99.3 Å². The zero-order valence-electron chi connectivity index (χ0n) is 8.45. The van der Waals surface area contributed by atoms with E-state index in [4.69, 9.17) is 11.6 Å². The number of alkyl halides is 1. The van der Waals surface area contributed by atoms with Crippen LogP contribution in [0.15, 0.2) is 29.5 Å². The molecule has 86 valence electrons. The largest absolute Gasteiger partial charge is 0.287 e. The second-order valence-electron chi connectivity index (χ2n) is 3.72. The van der Waals surface area contributed by atoms with Crippen LogP contribution in [-0.4, -0.2) is 42.5 Å². The quantitative estimate of drug-likeness (QED) is 0.585. The summed E-state index contributed by atoms with van der Waals surface area (Å²) in [6, 6.07) is 3.27. The van der Waals surface area contributed by atoms with E-state index in [1.165, 1.54) is 0 Å². The van der Waals surface area contributed by atoms with Crippen LogP contribution in [-0.2, 0) is 9.84 Å². The van der Waals surface area contributed by atoms with Crippen LogP contribution in [0.4, 0.5) is 0 Å². The molecular formula is C10H11ClN2O2S. The van der Waals surface area contributed by atoms with Gasteiger partial charge >= 0.3 is 0 Å². The number of pyridine rings is 1. The topological polar surface area (TPSA) is 59.4 Å². The highest BCUT2D eigenvalue weighted by Crippen LogP contribution is 2.20. The van der Waals surface area contributed by atoms with Gasteiger partial charge in [-0.3, -0.25) is 9.98 Å². The molecule has 0 N–H and O–H groups in total. The number of aliphatic imine (C=N–C) groups is 1. The summed E-state index contributed by atoms with van der Waals surface area (Å²) in [5, 5.41) is -0.414. The van der Waals surface area contributed by atoms with Gasteiger partial charge in [-0.25, -0.2) is 8.42 Å². The summed E-state index contributed by atoms with van der Waals surface area (Å²) in [5.74, 6) is 0.0651. The third-order valence-electron chi connectivity index (χ3n) is 2.38. The monoisotopic (exact) mass is 258 g/mol. The van der Waals surface area contributed by atoms with Gasteiger partial charge in [-0.05, 0) is 17.7 Å². The highest BCUT2D eigenvalue weighted by molar-refractivity contribution is 7.91. The predicted octanol–water partition coefficient (Wildman–Crippen LogP) is 0.905. The van der Waals surface area contributed by atoms with Crippen molar-refractivity contribution >= 4 is 27.7 Å². The molecule has 0 bridgehead atoms. The zero-order chi connectivity index (χ0) is 11.6. The van der Waals surface area contributed by atoms with Crippen molar-refractivity contribution in [2.45, 2.75) is 11.4 Å². The van der Waals surface area contributed by atoms with Gasteiger partial charge in [0.15, 0.2) is 9.84 Å². The van der Waals surface area contributed by atoms with E-state index in [-0.39, 0.29) is 17.5 Å². The summed E-state index contributed by atoms with van der Waals surface area (Å²) in [7, 11) is -3.01. The second-order valence-corrected chi connectivity index (χ2v) is 6.43. The fraction of sp³-hybridized carbons (Fsp3) is 0.400. The SMILES string of the molecule is O=S1(=O)C[C@@H](Cl)[C@@H](N=Cc2ccncc2)C1. The van der Waals surface area contributed by atoms with E-state index in [2.05, 4.69) is 9.98 Å².